The van der Waals surface area contributed by atoms with Gasteiger partial charge >= 0.3 is 0 Å². The van der Waals surface area contributed by atoms with Gasteiger partial charge in [-0.1, -0.05) is 70.2 Å². The number of benzene rings is 4. The number of hydrogen-bond acceptors (Lipinski definition) is 14. The van der Waals surface area contributed by atoms with Crippen LogP contribution in [0.2, 0.25) is 0 Å². The molecule has 0 aliphatic carbocycles. The number of nitrogens with zero attached hydrogens (tertiary/aromatic N) is 6. The summed E-state index contributed by atoms with van der Waals surface area (Å²) < 4.78 is 10.2. The largest absolute Gasteiger partial charge is 0.497 e. The fourth-order valence-electron chi connectivity index (χ4n) is 9.58. The third kappa shape index (κ3) is 16.8. The molecule has 1 unspecified atom stereocenters. The number of aromatic nitrogens is 1. The number of thioether (sulfide) groups is 1. The number of amidine groups is 1. The van der Waals surface area contributed by atoms with Gasteiger partial charge in [-0.15, -0.1) is 0 Å². The Balaban J connectivity index is 0.000000197. The van der Waals surface area contributed by atoms with Gasteiger partial charge in [0.1, 0.15) is 22.2 Å². The van der Waals surface area contributed by atoms with Crippen molar-refractivity contribution in [1.29, 1.82) is 0 Å². The fourth-order valence-corrected chi connectivity index (χ4v) is 11.5. The quantitative estimate of drug-likeness (QED) is 0.0207. The average Bonchev–Trinajstić information content (AvgIpc) is 4.24. The molecular formula is C54H72BrN10O4PS3. The minimum atomic E-state index is -0.158. The summed E-state index contributed by atoms with van der Waals surface area (Å²) in [4.78, 5) is 43.4. The molecule has 14 nitrogen and oxygen atoms in total. The molecule has 5 heterocycles. The van der Waals surface area contributed by atoms with Crippen molar-refractivity contribution in [2.24, 2.45) is 10.7 Å². The van der Waals surface area contributed by atoms with Gasteiger partial charge in [-0.05, 0) is 168 Å². The molecule has 4 fully saturated rings. The lowest BCUT2D eigenvalue weighted by atomic mass is 10.0. The van der Waals surface area contributed by atoms with Crippen molar-refractivity contribution in [3.8, 4) is 11.5 Å². The number of ether oxygens (including phenoxy) is 2. The second-order valence-electron chi connectivity index (χ2n) is 18.0. The van der Waals surface area contributed by atoms with Gasteiger partial charge in [0.25, 0.3) is 0 Å². The van der Waals surface area contributed by atoms with Gasteiger partial charge < -0.3 is 51.2 Å². The number of rotatable bonds is 14. The normalized spacial score (nSPS) is 16.6. The molecule has 4 saturated heterocycles. The van der Waals surface area contributed by atoms with E-state index in [1.807, 2.05) is 13.0 Å². The number of nitrogen functional groups attached to an aromatic ring is 1. The first kappa shape index (κ1) is 57.5. The molecule has 4 aliphatic heterocycles. The monoisotopic (exact) mass is 1130 g/mol. The summed E-state index contributed by atoms with van der Waals surface area (Å²) in [5, 5.41) is 8.28. The number of Topliss-reactive ketones (excluding diaryl/α,β-unsaturated/α-hetero) is 1. The molecule has 0 bridgehead atoms. The molecule has 19 heteroatoms. The molecule has 4 aliphatic rings. The average molecular weight is 1130 g/mol. The molecule has 0 amide bonds. The van der Waals surface area contributed by atoms with Crippen LogP contribution in [0.3, 0.4) is 0 Å². The molecular weight excluding hydrogens is 1060 g/mol. The number of thiazole rings is 1. The van der Waals surface area contributed by atoms with E-state index < -0.39 is 0 Å². The number of methoxy groups -OCH3 is 2. The molecule has 6 N–H and O–H groups in total. The first-order chi connectivity index (χ1) is 35.0. The Bertz CT molecular complexity index is 2560. The third-order valence-electron chi connectivity index (χ3n) is 13.4. The first-order valence-electron chi connectivity index (χ1n) is 24.9. The Kier molecular flexibility index (Phi) is 23.1. The molecule has 5 aromatic rings. The highest BCUT2D eigenvalue weighted by Gasteiger charge is 2.28. The number of hydrogen-bond donors (Lipinski definition) is 4. The number of anilines is 6. The zero-order chi connectivity index (χ0) is 50.8. The van der Waals surface area contributed by atoms with Crippen LogP contribution in [0.5, 0.6) is 11.5 Å². The van der Waals surface area contributed by atoms with Gasteiger partial charge in [-0.3, -0.25) is 9.59 Å². The predicted octanol–water partition coefficient (Wildman–Crippen LogP) is 10.6. The molecule has 4 aromatic carbocycles. The Labute approximate surface area is 457 Å². The van der Waals surface area contributed by atoms with E-state index in [4.69, 9.17) is 33.2 Å². The smallest absolute Gasteiger partial charge is 0.206 e. The molecule has 0 radical (unpaired) electrons. The van der Waals surface area contributed by atoms with E-state index >= 15 is 0 Å². The summed E-state index contributed by atoms with van der Waals surface area (Å²) in [7, 11) is 3.16. The Hall–Kier alpha value is -4.81. The molecule has 1 aromatic heterocycles. The number of nitrogens with two attached hydrogens (primary N) is 2. The Morgan fingerprint density at radius 1 is 0.753 bits per heavy atom. The van der Waals surface area contributed by atoms with Crippen molar-refractivity contribution in [3.05, 3.63) is 113 Å². The second kappa shape index (κ2) is 29.3. The molecule has 73 heavy (non-hydrogen) atoms. The van der Waals surface area contributed by atoms with E-state index in [0.717, 1.165) is 55.4 Å². The van der Waals surface area contributed by atoms with E-state index in [9.17, 15) is 9.59 Å². The number of alkyl halides is 1. The first-order valence-corrected chi connectivity index (χ1v) is 28.3. The van der Waals surface area contributed by atoms with Crippen LogP contribution in [0.15, 0.2) is 102 Å². The molecule has 9 rings (SSSR count). The van der Waals surface area contributed by atoms with Crippen molar-refractivity contribution in [1.82, 2.24) is 14.8 Å². The number of aliphatic imine (C=N–C) groups is 1. The minimum absolute atomic E-state index is 0. The summed E-state index contributed by atoms with van der Waals surface area (Å²) in [6.07, 6.45) is 10.5. The minimum Gasteiger partial charge on any atom is -0.497 e. The molecule has 392 valence electrons. The van der Waals surface area contributed by atoms with Crippen molar-refractivity contribution in [2.75, 3.05) is 104 Å². The summed E-state index contributed by atoms with van der Waals surface area (Å²) >= 11 is 11.1. The topological polar surface area (TPSA) is 167 Å². The van der Waals surface area contributed by atoms with E-state index in [-0.39, 0.29) is 27.3 Å². The molecule has 1 atom stereocenters. The summed E-state index contributed by atoms with van der Waals surface area (Å²) in [5.41, 5.74) is 17.5. The Morgan fingerprint density at radius 3 is 1.71 bits per heavy atom. The van der Waals surface area contributed by atoms with Crippen LogP contribution in [-0.4, -0.2) is 126 Å². The number of piperidine rings is 2. The Morgan fingerprint density at radius 2 is 1.23 bits per heavy atom. The number of halogens is 1. The van der Waals surface area contributed by atoms with Crippen LogP contribution in [0, 0.1) is 0 Å². The van der Waals surface area contributed by atoms with Crippen LogP contribution >= 0.6 is 61.1 Å². The van der Waals surface area contributed by atoms with Crippen molar-refractivity contribution in [2.45, 2.75) is 70.4 Å². The zero-order valence-corrected chi connectivity index (χ0v) is 47.9. The third-order valence-corrected chi connectivity index (χ3v) is 15.8. The maximum Gasteiger partial charge on any atom is 0.206 e. The predicted molar refractivity (Wildman–Crippen MR) is 319 cm³/mol. The van der Waals surface area contributed by atoms with Gasteiger partial charge in [0, 0.05) is 72.1 Å². The van der Waals surface area contributed by atoms with Gasteiger partial charge in [-0.25, -0.2) is 4.98 Å². The van der Waals surface area contributed by atoms with E-state index in [1.165, 1.54) is 112 Å². The summed E-state index contributed by atoms with van der Waals surface area (Å²) in [6, 6.07) is 32.6. The number of carbonyl (C=O) groups excluding carboxylic acids is 2. The van der Waals surface area contributed by atoms with Crippen LogP contribution in [0.25, 0.3) is 0 Å². The summed E-state index contributed by atoms with van der Waals surface area (Å²) in [6.45, 7) is 11.7. The van der Waals surface area contributed by atoms with Crippen LogP contribution < -0.4 is 41.4 Å². The lowest BCUT2D eigenvalue weighted by Crippen LogP contribution is -2.43. The standard InChI is InChI=1S/C26H31N5O2S.C19H29N5S2.C9H9BrO2.H3P/c1-33-22-6-4-5-18(17-22)23(32)24-25(27)29-26(34-24)28-19-7-9-20(10-8-19)31-15-11-21(12-16-31)30-13-2-3-14-30;1-2-26-18(20)22-19(25)21-15-5-7-16(8-6-15)24-13-9-17(10-14-24)23-11-3-4-12-23;1-12-8-4-2-3-7(5-8)9(11)6-10;/h4-10,17,21H,2-3,11-16,27H2,1H3,(H,28,29);5-8,17H,2-4,9-14H2,1H3,(H3,20,21,22,25);2-5H,6H2,1H3;1H3. The molecule has 0 saturated carbocycles. The van der Waals surface area contributed by atoms with Crippen molar-refractivity contribution in [3.63, 3.8) is 0 Å². The van der Waals surface area contributed by atoms with Gasteiger partial charge in [0.05, 0.1) is 19.5 Å². The van der Waals surface area contributed by atoms with Crippen LogP contribution in [-0.2, 0) is 0 Å². The van der Waals surface area contributed by atoms with Crippen LogP contribution in [0.1, 0.15) is 83.9 Å². The van der Waals surface area contributed by atoms with E-state index in [0.29, 0.717) is 48.2 Å². The lowest BCUT2D eigenvalue weighted by molar-refractivity contribution is 0.102. The van der Waals surface area contributed by atoms with Crippen LogP contribution in [0.4, 0.5) is 33.7 Å². The van der Waals surface area contributed by atoms with Gasteiger partial charge in [0.2, 0.25) is 5.78 Å². The second-order valence-corrected chi connectivity index (χ2v) is 21.3. The highest BCUT2D eigenvalue weighted by molar-refractivity contribution is 9.09. The fraction of sp³-hybridized carbons (Fsp3) is 0.426. The van der Waals surface area contributed by atoms with Gasteiger partial charge in [0.15, 0.2) is 21.2 Å². The SMILES string of the molecule is CCSC(N)=NC(=S)Nc1ccc(N2CCC(N3CCCC3)CC2)cc1.COc1cccc(C(=O)CBr)c1.COc1cccc(C(=O)c2sc(Nc3ccc(N4CCC(N5CCCC5)CC4)cc3)nc2N)c1.P. The van der Waals surface area contributed by atoms with Crippen molar-refractivity contribution >= 4 is 117 Å². The highest BCUT2D eigenvalue weighted by Crippen LogP contribution is 2.32. The highest BCUT2D eigenvalue weighted by atomic mass is 79.9. The van der Waals surface area contributed by atoms with E-state index in [2.05, 4.69) is 105 Å². The van der Waals surface area contributed by atoms with Gasteiger partial charge in [-0.2, -0.15) is 14.9 Å². The maximum absolute atomic E-state index is 12.9. The maximum atomic E-state index is 12.9. The van der Waals surface area contributed by atoms with Crippen molar-refractivity contribution < 1.29 is 19.1 Å². The lowest BCUT2D eigenvalue weighted by Gasteiger charge is -2.37. The number of thiocarbonyl (C=S) groups is 1. The number of ketones is 2. The number of likely N-dealkylation sites (tertiary alicyclic amines) is 2. The van der Waals surface area contributed by atoms with E-state index in [1.54, 1.807) is 56.7 Å². The zero-order valence-electron chi connectivity index (χ0n) is 42.4. The number of nitrogens with one attached hydrogen (secondary N) is 2. The summed E-state index contributed by atoms with van der Waals surface area (Å²) in [5.74, 6) is 2.37. The number of carbonyl (C=O) groups is 2. The molecule has 0 spiro atoms.